The molecule has 204 valence electrons. The second kappa shape index (κ2) is 9.06. The van der Waals surface area contributed by atoms with E-state index in [4.69, 9.17) is 28.2 Å². The molecule has 10 heteroatoms. The molecule has 41 heavy (non-hydrogen) atoms. The highest BCUT2D eigenvalue weighted by atomic mass is 35.5. The third kappa shape index (κ3) is 4.03. The highest BCUT2D eigenvalue weighted by molar-refractivity contribution is 6.31. The second-order valence-corrected chi connectivity index (χ2v) is 12.1. The van der Waals surface area contributed by atoms with Gasteiger partial charge in [0.2, 0.25) is 5.95 Å². The van der Waals surface area contributed by atoms with E-state index in [1.54, 1.807) is 29.0 Å². The van der Waals surface area contributed by atoms with Crippen LogP contribution in [0.5, 0.6) is 0 Å². The van der Waals surface area contributed by atoms with Crippen LogP contribution in [0.3, 0.4) is 0 Å². The van der Waals surface area contributed by atoms with E-state index in [1.807, 2.05) is 6.07 Å². The van der Waals surface area contributed by atoms with Crippen LogP contribution in [0.1, 0.15) is 53.7 Å². The lowest BCUT2D eigenvalue weighted by molar-refractivity contribution is 0.572. The Hall–Kier alpha value is -3.88. The lowest BCUT2D eigenvalue weighted by atomic mass is 9.86. The SMILES string of the molecule is C=C1CCc2cc(C3=C(F)N=C(C4C5CC5c5nc(-c6cc(Cl)ccc6-n6cc(Cl)nn6)cc(=O)n54)C3)ccc2C1. The topological polar surface area (TPSA) is 78.0 Å². The average molecular weight is 585 g/mol. The molecule has 0 saturated heterocycles. The molecule has 0 radical (unpaired) electrons. The Kier molecular flexibility index (Phi) is 5.50. The molecule has 3 unspecified atom stereocenters. The number of allylic oxidation sites excluding steroid dienone is 2. The summed E-state index contributed by atoms with van der Waals surface area (Å²) in [5.41, 5.74) is 7.47. The van der Waals surface area contributed by atoms with Crippen LogP contribution < -0.4 is 5.56 Å². The molecule has 0 N–H and O–H groups in total. The fourth-order valence-electron chi connectivity index (χ4n) is 6.68. The standard InChI is InChI=1S/C31H23Cl2FN6O/c1-15-2-3-17-9-18(5-4-16(17)8-15)20-12-25(35-30(20)34)29-21-11-22(21)31-36-24(13-28(41)40(29)31)23-10-19(32)6-7-26(23)39-14-27(33)37-38-39/h4-7,9-10,13-14,21-22,29H,1-3,8,11-12H2. The maximum absolute atomic E-state index is 15.4. The van der Waals surface area contributed by atoms with Crippen LogP contribution in [0.15, 0.2) is 76.6 Å². The van der Waals surface area contributed by atoms with Crippen LogP contribution in [0, 0.1) is 5.92 Å². The molecular weight excluding hydrogens is 562 g/mol. The molecule has 4 aromatic rings. The number of aryl methyl sites for hydroxylation is 1. The van der Waals surface area contributed by atoms with Crippen molar-refractivity contribution < 1.29 is 4.39 Å². The van der Waals surface area contributed by atoms with Crippen LogP contribution in [0.25, 0.3) is 22.5 Å². The zero-order valence-corrected chi connectivity index (χ0v) is 23.3. The Balaban J connectivity index is 1.13. The number of fused-ring (bicyclic) bond motifs is 4. The number of benzene rings is 2. The largest absolute Gasteiger partial charge is 0.287 e. The van der Waals surface area contributed by atoms with Crippen molar-refractivity contribution in [1.82, 2.24) is 24.5 Å². The number of aromatic nitrogens is 5. The van der Waals surface area contributed by atoms with Crippen molar-refractivity contribution in [2.24, 2.45) is 10.9 Å². The summed E-state index contributed by atoms with van der Waals surface area (Å²) in [6.07, 6.45) is 5.61. The third-order valence-electron chi connectivity index (χ3n) is 8.71. The fourth-order valence-corrected chi connectivity index (χ4v) is 6.98. The summed E-state index contributed by atoms with van der Waals surface area (Å²) in [4.78, 5) is 23.0. The highest BCUT2D eigenvalue weighted by Gasteiger charge is 2.56. The van der Waals surface area contributed by atoms with E-state index in [1.165, 1.54) is 27.4 Å². The predicted octanol–water partition coefficient (Wildman–Crippen LogP) is 6.68. The molecule has 1 saturated carbocycles. The molecule has 3 atom stereocenters. The van der Waals surface area contributed by atoms with Crippen molar-refractivity contribution in [3.05, 3.63) is 110 Å². The lowest BCUT2D eigenvalue weighted by Crippen LogP contribution is -2.30. The third-order valence-corrected chi connectivity index (χ3v) is 9.12. The highest BCUT2D eigenvalue weighted by Crippen LogP contribution is 2.60. The molecule has 7 nitrogen and oxygen atoms in total. The van der Waals surface area contributed by atoms with Crippen LogP contribution in [0.4, 0.5) is 4.39 Å². The smallest absolute Gasteiger partial charge is 0.254 e. The van der Waals surface area contributed by atoms with Gasteiger partial charge >= 0.3 is 0 Å². The van der Waals surface area contributed by atoms with Crippen molar-refractivity contribution >= 4 is 34.5 Å². The number of hydrogen-bond acceptors (Lipinski definition) is 5. The van der Waals surface area contributed by atoms with Gasteiger partial charge in [-0.2, -0.15) is 4.39 Å². The summed E-state index contributed by atoms with van der Waals surface area (Å²) in [5.74, 6) is 0.552. The Morgan fingerprint density at radius 2 is 1.90 bits per heavy atom. The van der Waals surface area contributed by atoms with Gasteiger partial charge in [0.25, 0.3) is 5.56 Å². The quantitative estimate of drug-likeness (QED) is 0.198. The van der Waals surface area contributed by atoms with Crippen molar-refractivity contribution in [1.29, 1.82) is 0 Å². The number of hydrogen-bond donors (Lipinski definition) is 0. The molecule has 0 spiro atoms. The number of nitrogens with zero attached hydrogens (tertiary/aromatic N) is 6. The van der Waals surface area contributed by atoms with Crippen LogP contribution in [-0.2, 0) is 12.8 Å². The van der Waals surface area contributed by atoms with E-state index >= 15 is 4.39 Å². The van der Waals surface area contributed by atoms with Gasteiger partial charge in [-0.05, 0) is 66.5 Å². The van der Waals surface area contributed by atoms with Gasteiger partial charge in [-0.15, -0.1) is 5.10 Å². The molecule has 1 fully saturated rings. The first-order valence-electron chi connectivity index (χ1n) is 13.6. The first-order chi connectivity index (χ1) is 19.8. The van der Waals surface area contributed by atoms with Gasteiger partial charge in [0.05, 0.1) is 23.6 Å². The summed E-state index contributed by atoms with van der Waals surface area (Å²) in [5, 5.41) is 8.68. The zero-order chi connectivity index (χ0) is 28.0. The maximum Gasteiger partial charge on any atom is 0.254 e. The van der Waals surface area contributed by atoms with E-state index in [9.17, 15) is 4.79 Å². The van der Waals surface area contributed by atoms with E-state index < -0.39 is 5.95 Å². The maximum atomic E-state index is 15.4. The molecule has 2 aromatic heterocycles. The van der Waals surface area contributed by atoms with E-state index in [0.717, 1.165) is 31.2 Å². The molecule has 8 rings (SSSR count). The van der Waals surface area contributed by atoms with Crippen LogP contribution in [0.2, 0.25) is 10.2 Å². The van der Waals surface area contributed by atoms with Gasteiger partial charge in [0.15, 0.2) is 5.15 Å². The Labute approximate surface area is 244 Å². The molecular formula is C31H23Cl2FN6O. The van der Waals surface area contributed by atoms with E-state index in [2.05, 4.69) is 34.0 Å². The van der Waals surface area contributed by atoms with Gasteiger partial charge in [-0.1, -0.05) is 58.8 Å². The fraction of sp³-hybridized carbons (Fsp3) is 0.258. The summed E-state index contributed by atoms with van der Waals surface area (Å²) < 4.78 is 18.6. The number of halogens is 3. The van der Waals surface area contributed by atoms with E-state index in [0.29, 0.717) is 45.5 Å². The lowest BCUT2D eigenvalue weighted by Gasteiger charge is -2.20. The predicted molar refractivity (Wildman–Crippen MR) is 156 cm³/mol. The van der Waals surface area contributed by atoms with Gasteiger partial charge in [0, 0.05) is 40.3 Å². The summed E-state index contributed by atoms with van der Waals surface area (Å²) in [7, 11) is 0. The Bertz CT molecular complexity index is 1940. The number of aliphatic imine (C=N–C) groups is 1. The monoisotopic (exact) mass is 584 g/mol. The molecule has 0 bridgehead atoms. The minimum absolute atomic E-state index is 0.128. The Morgan fingerprint density at radius 1 is 1.02 bits per heavy atom. The van der Waals surface area contributed by atoms with Crippen molar-refractivity contribution in [3.63, 3.8) is 0 Å². The minimum Gasteiger partial charge on any atom is -0.287 e. The molecule has 4 aliphatic rings. The van der Waals surface area contributed by atoms with Gasteiger partial charge in [-0.3, -0.25) is 9.36 Å². The van der Waals surface area contributed by atoms with E-state index in [-0.39, 0.29) is 28.6 Å². The van der Waals surface area contributed by atoms with Crippen molar-refractivity contribution in [3.8, 4) is 16.9 Å². The number of rotatable bonds is 4. The van der Waals surface area contributed by atoms with Crippen molar-refractivity contribution in [2.75, 3.05) is 0 Å². The second-order valence-electron chi connectivity index (χ2n) is 11.3. The molecule has 2 aliphatic heterocycles. The summed E-state index contributed by atoms with van der Waals surface area (Å²) in [6, 6.07) is 12.7. The summed E-state index contributed by atoms with van der Waals surface area (Å²) in [6.45, 7) is 4.12. The molecule has 4 heterocycles. The normalized spacial score (nSPS) is 22.5. The molecule has 2 aromatic carbocycles. The average Bonchev–Trinajstić information content (AvgIpc) is 3.27. The minimum atomic E-state index is -0.460. The van der Waals surface area contributed by atoms with Crippen molar-refractivity contribution in [2.45, 2.75) is 44.1 Å². The van der Waals surface area contributed by atoms with Gasteiger partial charge in [0.1, 0.15) is 5.82 Å². The molecule has 0 amide bonds. The Morgan fingerprint density at radius 3 is 2.73 bits per heavy atom. The first kappa shape index (κ1) is 24.9. The van der Waals surface area contributed by atoms with Crippen LogP contribution >= 0.6 is 23.2 Å². The summed E-state index contributed by atoms with van der Waals surface area (Å²) >= 11 is 12.4. The van der Waals surface area contributed by atoms with Gasteiger partial charge in [-0.25, -0.2) is 14.7 Å². The zero-order valence-electron chi connectivity index (χ0n) is 21.8. The van der Waals surface area contributed by atoms with Crippen LogP contribution in [-0.4, -0.2) is 30.3 Å². The molecule has 2 aliphatic carbocycles. The van der Waals surface area contributed by atoms with Gasteiger partial charge < -0.3 is 0 Å². The first-order valence-corrected chi connectivity index (χ1v) is 14.4.